The molecule has 3 heterocycles. The molecule has 182 valence electrons. The molecule has 6 rings (SSSR count). The molecule has 0 bridgehead atoms. The second kappa shape index (κ2) is 8.57. The summed E-state index contributed by atoms with van der Waals surface area (Å²) in [5.74, 6) is -0.110. The molecule has 3 fully saturated rings. The molecule has 0 aromatic heterocycles. The molecule has 2 N–H and O–H groups in total. The van der Waals surface area contributed by atoms with E-state index in [2.05, 4.69) is 34.5 Å². The molecule has 2 saturated heterocycles. The highest BCUT2D eigenvalue weighted by Gasteiger charge is 2.40. The summed E-state index contributed by atoms with van der Waals surface area (Å²) in [5.41, 5.74) is 4.09. The summed E-state index contributed by atoms with van der Waals surface area (Å²) in [4.78, 5) is 40.7. The third-order valence-electron chi connectivity index (χ3n) is 8.18. The number of fused-ring (bicyclic) bond motifs is 1. The maximum Gasteiger partial charge on any atom is 0.255 e. The summed E-state index contributed by atoms with van der Waals surface area (Å²) < 4.78 is 0. The van der Waals surface area contributed by atoms with Gasteiger partial charge < -0.3 is 10.0 Å². The molecule has 4 aliphatic rings. The molecule has 0 spiro atoms. The Kier molecular flexibility index (Phi) is 5.49. The number of amides is 3. The Morgan fingerprint density at radius 1 is 0.971 bits per heavy atom. The van der Waals surface area contributed by atoms with E-state index in [4.69, 9.17) is 0 Å². The number of nitrogens with one attached hydrogen (secondary N) is 1. The number of nitrogens with zero attached hydrogens (tertiary/aromatic N) is 2. The van der Waals surface area contributed by atoms with Gasteiger partial charge in [-0.2, -0.15) is 0 Å². The van der Waals surface area contributed by atoms with Crippen molar-refractivity contribution in [1.29, 1.82) is 0 Å². The minimum absolute atomic E-state index is 0.185. The van der Waals surface area contributed by atoms with Gasteiger partial charge in [0.15, 0.2) is 0 Å². The maximum absolute atomic E-state index is 13.0. The molecule has 7 heteroatoms. The van der Waals surface area contributed by atoms with Crippen LogP contribution in [0, 0.1) is 0 Å². The van der Waals surface area contributed by atoms with Crippen molar-refractivity contribution >= 4 is 17.7 Å². The van der Waals surface area contributed by atoms with Crippen LogP contribution in [-0.2, 0) is 28.3 Å². The highest BCUT2D eigenvalue weighted by atomic mass is 16.3. The summed E-state index contributed by atoms with van der Waals surface area (Å²) in [7, 11) is 0. The van der Waals surface area contributed by atoms with Crippen LogP contribution in [0.5, 0.6) is 0 Å². The van der Waals surface area contributed by atoms with Crippen molar-refractivity contribution in [2.24, 2.45) is 0 Å². The summed E-state index contributed by atoms with van der Waals surface area (Å²) in [6, 6.07) is 13.9. The Labute approximate surface area is 205 Å². The van der Waals surface area contributed by atoms with Crippen molar-refractivity contribution in [3.05, 3.63) is 70.3 Å². The minimum Gasteiger partial charge on any atom is -0.385 e. The summed E-state index contributed by atoms with van der Waals surface area (Å²) in [5, 5.41) is 13.8. The fraction of sp³-hybridized carbons (Fsp3) is 0.464. The van der Waals surface area contributed by atoms with Crippen LogP contribution in [0.1, 0.15) is 77.1 Å². The van der Waals surface area contributed by atoms with E-state index in [1.54, 1.807) is 11.0 Å². The van der Waals surface area contributed by atoms with Gasteiger partial charge in [-0.25, -0.2) is 0 Å². The molecular weight excluding hydrogens is 442 g/mol. The quantitative estimate of drug-likeness (QED) is 0.652. The van der Waals surface area contributed by atoms with Crippen molar-refractivity contribution in [2.75, 3.05) is 13.1 Å². The molecule has 7 nitrogen and oxygen atoms in total. The third-order valence-corrected chi connectivity index (χ3v) is 8.18. The number of carbonyl (C=O) groups is 3. The molecule has 2 aromatic carbocycles. The van der Waals surface area contributed by atoms with Crippen LogP contribution in [0.3, 0.4) is 0 Å². The van der Waals surface area contributed by atoms with Crippen LogP contribution in [-0.4, -0.2) is 51.8 Å². The van der Waals surface area contributed by atoms with Crippen LogP contribution < -0.4 is 5.32 Å². The molecule has 1 aliphatic carbocycles. The minimum atomic E-state index is -0.924. The lowest BCUT2D eigenvalue weighted by Crippen LogP contribution is -2.52. The molecule has 0 radical (unpaired) electrons. The molecule has 1 saturated carbocycles. The number of hydrogen-bond donors (Lipinski definition) is 2. The summed E-state index contributed by atoms with van der Waals surface area (Å²) >= 11 is 0. The zero-order valence-corrected chi connectivity index (χ0v) is 19.8. The van der Waals surface area contributed by atoms with Crippen LogP contribution in [0.2, 0.25) is 0 Å². The molecular formula is C28H31N3O4. The van der Waals surface area contributed by atoms with Gasteiger partial charge in [0, 0.05) is 38.2 Å². The first-order valence-corrected chi connectivity index (χ1v) is 12.7. The zero-order chi connectivity index (χ0) is 24.2. The van der Waals surface area contributed by atoms with Gasteiger partial charge in [-0.1, -0.05) is 36.4 Å². The van der Waals surface area contributed by atoms with E-state index in [0.29, 0.717) is 31.4 Å². The van der Waals surface area contributed by atoms with Crippen LogP contribution >= 0.6 is 0 Å². The monoisotopic (exact) mass is 473 g/mol. The van der Waals surface area contributed by atoms with Crippen LogP contribution in [0.4, 0.5) is 0 Å². The first-order chi connectivity index (χ1) is 16.9. The van der Waals surface area contributed by atoms with E-state index in [-0.39, 0.29) is 18.2 Å². The van der Waals surface area contributed by atoms with Crippen LogP contribution in [0.25, 0.3) is 0 Å². The van der Waals surface area contributed by atoms with Gasteiger partial charge >= 0.3 is 0 Å². The SMILES string of the molecule is O=C1CCC(N2Cc3cc(C4(O)CCN(Cc5ccc(C6CC6)cc5)CC4)ccc3C2=O)C(=O)N1. The Bertz CT molecular complexity index is 1180. The molecule has 2 aromatic rings. The molecule has 35 heavy (non-hydrogen) atoms. The number of rotatable bonds is 5. The standard InChI is InChI=1S/C28H31N3O4/c32-25-10-9-24(26(33)29-25)31-17-21-15-22(7-8-23(21)27(31)34)28(35)11-13-30(14-12-28)16-18-1-3-19(4-2-18)20-5-6-20/h1-4,7-8,15,20,24,35H,5-6,9-14,16-17H2,(H,29,32,33). The Morgan fingerprint density at radius 3 is 2.40 bits per heavy atom. The van der Waals surface area contributed by atoms with Crippen molar-refractivity contribution in [3.8, 4) is 0 Å². The van der Waals surface area contributed by atoms with Crippen molar-refractivity contribution in [1.82, 2.24) is 15.1 Å². The Morgan fingerprint density at radius 2 is 1.71 bits per heavy atom. The Balaban J connectivity index is 1.11. The predicted molar refractivity (Wildman–Crippen MR) is 129 cm³/mol. The first-order valence-electron chi connectivity index (χ1n) is 12.7. The second-order valence-corrected chi connectivity index (χ2v) is 10.6. The van der Waals surface area contributed by atoms with Crippen molar-refractivity contribution in [2.45, 2.75) is 69.2 Å². The number of benzene rings is 2. The number of aliphatic hydroxyl groups is 1. The molecule has 3 amide bonds. The van der Waals surface area contributed by atoms with Gasteiger partial charge in [0.2, 0.25) is 11.8 Å². The molecule has 1 atom stereocenters. The largest absolute Gasteiger partial charge is 0.385 e. The van der Waals surface area contributed by atoms with Crippen molar-refractivity contribution < 1.29 is 19.5 Å². The van der Waals surface area contributed by atoms with Gasteiger partial charge in [0.25, 0.3) is 5.91 Å². The van der Waals surface area contributed by atoms with Gasteiger partial charge in [0.05, 0.1) is 5.60 Å². The fourth-order valence-electron chi connectivity index (χ4n) is 5.80. The summed E-state index contributed by atoms with van der Waals surface area (Å²) in [6.07, 6.45) is 4.49. The van der Waals surface area contributed by atoms with Crippen molar-refractivity contribution in [3.63, 3.8) is 0 Å². The summed E-state index contributed by atoms with van der Waals surface area (Å²) in [6.45, 7) is 2.83. The van der Waals surface area contributed by atoms with E-state index in [1.807, 2.05) is 12.1 Å². The molecule has 1 unspecified atom stereocenters. The van der Waals surface area contributed by atoms with E-state index >= 15 is 0 Å². The molecule has 3 aliphatic heterocycles. The predicted octanol–water partition coefficient (Wildman–Crippen LogP) is 2.81. The number of likely N-dealkylation sites (tertiary alicyclic amines) is 1. The normalized spacial score (nSPS) is 24.4. The number of piperidine rings is 2. The third kappa shape index (κ3) is 4.28. The Hall–Kier alpha value is -3.03. The number of imide groups is 1. The average Bonchev–Trinajstić information content (AvgIpc) is 3.65. The van der Waals surface area contributed by atoms with E-state index in [1.165, 1.54) is 24.0 Å². The van der Waals surface area contributed by atoms with Crippen LogP contribution in [0.15, 0.2) is 42.5 Å². The van der Waals surface area contributed by atoms with E-state index < -0.39 is 17.6 Å². The average molecular weight is 474 g/mol. The smallest absolute Gasteiger partial charge is 0.255 e. The maximum atomic E-state index is 13.0. The van der Waals surface area contributed by atoms with Gasteiger partial charge in [-0.05, 0) is 66.3 Å². The number of hydrogen-bond acceptors (Lipinski definition) is 5. The highest BCUT2D eigenvalue weighted by molar-refractivity contribution is 6.05. The lowest BCUT2D eigenvalue weighted by atomic mass is 9.83. The number of carbonyl (C=O) groups excluding carboxylic acids is 3. The lowest BCUT2D eigenvalue weighted by Gasteiger charge is -2.38. The highest BCUT2D eigenvalue weighted by Crippen LogP contribution is 2.40. The van der Waals surface area contributed by atoms with E-state index in [0.717, 1.165) is 36.7 Å². The van der Waals surface area contributed by atoms with E-state index in [9.17, 15) is 19.5 Å². The second-order valence-electron chi connectivity index (χ2n) is 10.6. The van der Waals surface area contributed by atoms with Gasteiger partial charge in [0.1, 0.15) is 6.04 Å². The lowest BCUT2D eigenvalue weighted by molar-refractivity contribution is -0.136. The topological polar surface area (TPSA) is 90.0 Å². The van der Waals surface area contributed by atoms with Gasteiger partial charge in [-0.15, -0.1) is 0 Å². The van der Waals surface area contributed by atoms with Gasteiger partial charge in [-0.3, -0.25) is 24.6 Å². The fourth-order valence-corrected chi connectivity index (χ4v) is 5.80. The first kappa shape index (κ1) is 22.4. The zero-order valence-electron chi connectivity index (χ0n) is 19.8.